The minimum atomic E-state index is 0.0849. The highest BCUT2D eigenvalue weighted by atomic mass is 32.2. The molecule has 1 N–H and O–H groups in total. The molecule has 1 aromatic carbocycles. The minimum absolute atomic E-state index is 0.0849. The van der Waals surface area contributed by atoms with Crippen LogP contribution in [-0.4, -0.2) is 36.5 Å². The number of nitrogens with one attached hydrogen (secondary N) is 1. The van der Waals surface area contributed by atoms with Crippen LogP contribution in [0.1, 0.15) is 12.8 Å². The van der Waals surface area contributed by atoms with Gasteiger partial charge in [-0.05, 0) is 25.0 Å². The molecule has 1 saturated heterocycles. The molecule has 0 aliphatic carbocycles. The van der Waals surface area contributed by atoms with Gasteiger partial charge in [-0.1, -0.05) is 11.8 Å². The van der Waals surface area contributed by atoms with Crippen molar-refractivity contribution in [2.24, 2.45) is 4.99 Å². The molecule has 0 radical (unpaired) electrons. The van der Waals surface area contributed by atoms with Crippen LogP contribution >= 0.6 is 11.8 Å². The normalized spacial score (nSPS) is 22.9. The summed E-state index contributed by atoms with van der Waals surface area (Å²) in [7, 11) is 0. The second kappa shape index (κ2) is 4.86. The maximum absolute atomic E-state index is 5.43. The third-order valence-corrected chi connectivity index (χ3v) is 5.01. The van der Waals surface area contributed by atoms with Crippen molar-refractivity contribution in [3.05, 3.63) is 18.2 Å². The average Bonchev–Trinajstić information content (AvgIpc) is 3.07. The zero-order valence-electron chi connectivity index (χ0n) is 11.1. The van der Waals surface area contributed by atoms with Gasteiger partial charge in [0.05, 0.1) is 5.54 Å². The summed E-state index contributed by atoms with van der Waals surface area (Å²) in [6, 6.07) is 5.88. The quantitative estimate of drug-likeness (QED) is 0.862. The molecule has 4 rings (SSSR count). The van der Waals surface area contributed by atoms with Gasteiger partial charge >= 0.3 is 0 Å². The fraction of sp³-hybridized carbons (Fsp3) is 0.500. The Bertz CT molecular complexity index is 555. The lowest BCUT2D eigenvalue weighted by Gasteiger charge is -2.29. The molecular weight excluding hydrogens is 276 g/mol. The van der Waals surface area contributed by atoms with Crippen molar-refractivity contribution in [3.8, 4) is 11.5 Å². The minimum Gasteiger partial charge on any atom is -0.454 e. The largest absolute Gasteiger partial charge is 0.454 e. The number of rotatable bonds is 1. The van der Waals surface area contributed by atoms with Crippen LogP contribution in [0.2, 0.25) is 0 Å². The first-order chi connectivity index (χ1) is 9.83. The molecule has 20 heavy (non-hydrogen) atoms. The smallest absolute Gasteiger partial charge is 0.231 e. The van der Waals surface area contributed by atoms with Crippen LogP contribution < -0.4 is 14.8 Å². The van der Waals surface area contributed by atoms with Crippen LogP contribution in [0.4, 0.5) is 5.69 Å². The molecule has 0 atom stereocenters. The highest BCUT2D eigenvalue weighted by molar-refractivity contribution is 8.14. The van der Waals surface area contributed by atoms with E-state index in [4.69, 9.17) is 19.2 Å². The third-order valence-electron chi connectivity index (χ3n) is 3.86. The van der Waals surface area contributed by atoms with Crippen LogP contribution in [0, 0.1) is 0 Å². The molecule has 0 amide bonds. The molecule has 1 aromatic rings. The van der Waals surface area contributed by atoms with Crippen LogP contribution in [-0.2, 0) is 4.74 Å². The van der Waals surface area contributed by atoms with Crippen molar-refractivity contribution >= 4 is 22.6 Å². The molecule has 3 aliphatic heterocycles. The lowest BCUT2D eigenvalue weighted by atomic mass is 9.93. The van der Waals surface area contributed by atoms with Crippen LogP contribution in [0.25, 0.3) is 0 Å². The molecule has 0 bridgehead atoms. The molecule has 1 fully saturated rings. The van der Waals surface area contributed by atoms with Gasteiger partial charge in [-0.15, -0.1) is 0 Å². The Morgan fingerprint density at radius 2 is 2.00 bits per heavy atom. The summed E-state index contributed by atoms with van der Waals surface area (Å²) in [4.78, 5) is 4.88. The van der Waals surface area contributed by atoms with Gasteiger partial charge in [0.25, 0.3) is 0 Å². The highest BCUT2D eigenvalue weighted by Gasteiger charge is 2.37. The molecular formula is C14H16N2O3S. The molecule has 0 saturated carbocycles. The van der Waals surface area contributed by atoms with Crippen molar-refractivity contribution in [1.29, 1.82) is 0 Å². The fourth-order valence-electron chi connectivity index (χ4n) is 2.65. The summed E-state index contributed by atoms with van der Waals surface area (Å²) in [6.45, 7) is 1.94. The number of ether oxygens (including phenoxy) is 3. The molecule has 0 aromatic heterocycles. The van der Waals surface area contributed by atoms with Crippen molar-refractivity contribution < 1.29 is 14.2 Å². The van der Waals surface area contributed by atoms with E-state index in [2.05, 4.69) is 5.32 Å². The van der Waals surface area contributed by atoms with Crippen LogP contribution in [0.3, 0.4) is 0 Å². The zero-order valence-corrected chi connectivity index (χ0v) is 11.9. The zero-order chi connectivity index (χ0) is 13.4. The van der Waals surface area contributed by atoms with Gasteiger partial charge in [0, 0.05) is 30.7 Å². The Morgan fingerprint density at radius 3 is 2.90 bits per heavy atom. The predicted molar refractivity (Wildman–Crippen MR) is 78.9 cm³/mol. The average molecular weight is 292 g/mol. The van der Waals surface area contributed by atoms with Crippen molar-refractivity contribution in [2.75, 3.05) is 31.1 Å². The highest BCUT2D eigenvalue weighted by Crippen LogP contribution is 2.38. The number of amidine groups is 1. The van der Waals surface area contributed by atoms with Gasteiger partial charge in [0.15, 0.2) is 16.7 Å². The monoisotopic (exact) mass is 292 g/mol. The summed E-state index contributed by atoms with van der Waals surface area (Å²) in [5.74, 6) is 2.64. The topological polar surface area (TPSA) is 52.1 Å². The molecule has 3 aliphatic rings. The third kappa shape index (κ3) is 2.23. The second-order valence-electron chi connectivity index (χ2n) is 5.24. The molecule has 106 valence electrons. The van der Waals surface area contributed by atoms with Gasteiger partial charge in [0.2, 0.25) is 6.79 Å². The Morgan fingerprint density at radius 1 is 1.15 bits per heavy atom. The maximum Gasteiger partial charge on any atom is 0.231 e. The lowest BCUT2D eigenvalue weighted by molar-refractivity contribution is 0.0624. The summed E-state index contributed by atoms with van der Waals surface area (Å²) in [5.41, 5.74) is 1.08. The van der Waals surface area contributed by atoms with E-state index < -0.39 is 0 Å². The number of nitrogens with zero attached hydrogens (tertiary/aromatic N) is 1. The Labute approximate surface area is 121 Å². The van der Waals surface area contributed by atoms with E-state index in [0.717, 1.165) is 54.2 Å². The molecule has 6 heteroatoms. The van der Waals surface area contributed by atoms with E-state index in [1.165, 1.54) is 0 Å². The summed E-state index contributed by atoms with van der Waals surface area (Å²) >= 11 is 1.79. The van der Waals surface area contributed by atoms with E-state index >= 15 is 0 Å². The van der Waals surface area contributed by atoms with Gasteiger partial charge in [-0.3, -0.25) is 4.99 Å². The van der Waals surface area contributed by atoms with Crippen LogP contribution in [0.5, 0.6) is 11.5 Å². The Kier molecular flexibility index (Phi) is 3.00. The number of thioether (sulfide) groups is 1. The Balaban J connectivity index is 1.50. The maximum atomic E-state index is 5.43. The first-order valence-electron chi connectivity index (χ1n) is 6.80. The second-order valence-corrected chi connectivity index (χ2v) is 6.20. The number of anilines is 1. The van der Waals surface area contributed by atoms with Gasteiger partial charge < -0.3 is 19.5 Å². The predicted octanol–water partition coefficient (Wildman–Crippen LogP) is 2.48. The van der Waals surface area contributed by atoms with Crippen LogP contribution in [0.15, 0.2) is 23.2 Å². The first kappa shape index (κ1) is 12.3. The summed E-state index contributed by atoms with van der Waals surface area (Å²) < 4.78 is 16.1. The first-order valence-corrected chi connectivity index (χ1v) is 7.79. The van der Waals surface area contributed by atoms with Crippen molar-refractivity contribution in [2.45, 2.75) is 18.4 Å². The number of hydrogen-bond donors (Lipinski definition) is 1. The molecule has 5 nitrogen and oxygen atoms in total. The van der Waals surface area contributed by atoms with Gasteiger partial charge in [0.1, 0.15) is 0 Å². The van der Waals surface area contributed by atoms with E-state index in [1.807, 2.05) is 18.2 Å². The van der Waals surface area contributed by atoms with Crippen molar-refractivity contribution in [1.82, 2.24) is 0 Å². The summed E-state index contributed by atoms with van der Waals surface area (Å²) in [5, 5.41) is 4.37. The van der Waals surface area contributed by atoms with E-state index in [1.54, 1.807) is 11.8 Å². The Hall–Kier alpha value is -1.40. The van der Waals surface area contributed by atoms with E-state index in [-0.39, 0.29) is 5.54 Å². The van der Waals surface area contributed by atoms with E-state index in [0.29, 0.717) is 6.79 Å². The van der Waals surface area contributed by atoms with Gasteiger partial charge in [-0.25, -0.2) is 0 Å². The SMILES string of the molecule is c1cc2c(cc1NC1=NC3(CCOCC3)CS1)OCO2. The lowest BCUT2D eigenvalue weighted by Crippen LogP contribution is -2.34. The van der Waals surface area contributed by atoms with Crippen molar-refractivity contribution in [3.63, 3.8) is 0 Å². The number of fused-ring (bicyclic) bond motifs is 1. The number of benzene rings is 1. The summed E-state index contributed by atoms with van der Waals surface area (Å²) in [6.07, 6.45) is 2.04. The number of aliphatic imine (C=N–C) groups is 1. The standard InChI is InChI=1S/C14H16N2O3S/c1-2-11-12(19-9-18-11)7-10(1)15-13-16-14(8-20-13)3-5-17-6-4-14/h1-2,7H,3-6,8-9H2,(H,15,16). The molecule has 3 heterocycles. The number of hydrogen-bond acceptors (Lipinski definition) is 6. The van der Waals surface area contributed by atoms with Gasteiger partial charge in [-0.2, -0.15) is 0 Å². The molecule has 1 spiro atoms. The fourth-order valence-corrected chi connectivity index (χ4v) is 3.86. The van der Waals surface area contributed by atoms with E-state index in [9.17, 15) is 0 Å². The molecule has 0 unspecified atom stereocenters.